The fourth-order valence-electron chi connectivity index (χ4n) is 5.06. The largest absolute Gasteiger partial charge is 0.464 e. The van der Waals surface area contributed by atoms with Gasteiger partial charge in [-0.15, -0.1) is 5.10 Å². The van der Waals surface area contributed by atoms with E-state index < -0.39 is 12.9 Å². The number of hydrogen-bond acceptors (Lipinski definition) is 7. The van der Waals surface area contributed by atoms with E-state index in [2.05, 4.69) is 25.7 Å². The van der Waals surface area contributed by atoms with Gasteiger partial charge in [-0.3, -0.25) is 19.3 Å². The van der Waals surface area contributed by atoms with E-state index in [0.717, 1.165) is 4.68 Å². The van der Waals surface area contributed by atoms with Gasteiger partial charge in [0.25, 0.3) is 0 Å². The summed E-state index contributed by atoms with van der Waals surface area (Å²) >= 11 is 12.3. The van der Waals surface area contributed by atoms with E-state index in [4.69, 9.17) is 31.7 Å². The monoisotopic (exact) mass is 592 g/mol. The number of hydrogen-bond donors (Lipinski definition) is 1. The maximum Gasteiger partial charge on any atom is 0.227 e. The zero-order valence-corrected chi connectivity index (χ0v) is 23.2. The number of benzene rings is 1. The van der Waals surface area contributed by atoms with Gasteiger partial charge in [-0.25, -0.2) is 4.68 Å². The number of rotatable bonds is 3. The second-order valence-electron chi connectivity index (χ2n) is 9.87. The van der Waals surface area contributed by atoms with Crippen molar-refractivity contribution in [2.24, 2.45) is 12.9 Å². The van der Waals surface area contributed by atoms with Gasteiger partial charge >= 0.3 is 0 Å². The maximum absolute atomic E-state index is 13.7. The third kappa shape index (κ3) is 5.28. The lowest BCUT2D eigenvalue weighted by atomic mass is 9.88. The van der Waals surface area contributed by atoms with Crippen molar-refractivity contribution in [1.29, 1.82) is 0 Å². The standard InChI is InChI=1S/C29H25Cl2N7O3/c1-16-4-3-5-19(22-10-17(8-9-32-22)28-23(34-29(16)40)13-33-37(28)2)21-15-41-26(12-25(21)39)20-11-18(30)6-7-24(20)38-14-27(31)35-36-38/h6-16,19H,3-5H2,1-2H3,(H,34,40)/t16-,19+/m1/s1/i2D3. The molecule has 1 aliphatic rings. The highest BCUT2D eigenvalue weighted by Gasteiger charge is 2.25. The Morgan fingerprint density at radius 2 is 2.02 bits per heavy atom. The Bertz CT molecular complexity index is 1940. The third-order valence-corrected chi connectivity index (χ3v) is 7.60. The molecule has 1 aliphatic heterocycles. The molecule has 208 valence electrons. The number of amides is 1. The van der Waals surface area contributed by atoms with E-state index in [1.807, 2.05) is 0 Å². The van der Waals surface area contributed by atoms with Crippen LogP contribution in [0.25, 0.3) is 28.3 Å². The minimum absolute atomic E-state index is 0.195. The lowest BCUT2D eigenvalue weighted by Gasteiger charge is -2.20. The normalized spacial score (nSPS) is 18.7. The predicted octanol–water partition coefficient (Wildman–Crippen LogP) is 5.88. The Kier molecular flexibility index (Phi) is 6.25. The summed E-state index contributed by atoms with van der Waals surface area (Å²) < 4.78 is 32.4. The Morgan fingerprint density at radius 3 is 2.80 bits per heavy atom. The Balaban J connectivity index is 1.46. The number of nitrogens with one attached hydrogen (secondary N) is 1. The molecule has 0 saturated carbocycles. The molecule has 1 amide bonds. The number of aryl methyl sites for hydroxylation is 1. The van der Waals surface area contributed by atoms with Crippen LogP contribution in [0.4, 0.5) is 5.69 Å². The van der Waals surface area contributed by atoms with Crippen LogP contribution in [0, 0.1) is 5.92 Å². The molecule has 10 nitrogen and oxygen atoms in total. The van der Waals surface area contributed by atoms with Gasteiger partial charge in [-0.05, 0) is 43.2 Å². The molecule has 0 fully saturated rings. The molecule has 5 heterocycles. The van der Waals surface area contributed by atoms with Crippen LogP contribution in [0.2, 0.25) is 10.2 Å². The van der Waals surface area contributed by atoms with Gasteiger partial charge in [0.1, 0.15) is 5.76 Å². The molecule has 41 heavy (non-hydrogen) atoms. The first-order valence-electron chi connectivity index (χ1n) is 14.4. The average molecular weight is 593 g/mol. The molecule has 12 heteroatoms. The zero-order chi connectivity index (χ0) is 31.2. The van der Waals surface area contributed by atoms with Crippen LogP contribution in [0.1, 0.15) is 47.5 Å². The number of anilines is 1. The molecule has 0 radical (unpaired) electrons. The first-order chi connectivity index (χ1) is 21.0. The van der Waals surface area contributed by atoms with Gasteiger partial charge < -0.3 is 9.73 Å². The van der Waals surface area contributed by atoms with E-state index in [1.54, 1.807) is 43.5 Å². The maximum atomic E-state index is 13.7. The molecule has 6 rings (SSSR count). The van der Waals surface area contributed by atoms with E-state index >= 15 is 0 Å². The molecule has 2 bridgehead atoms. The van der Waals surface area contributed by atoms with Crippen LogP contribution in [-0.2, 0) is 11.8 Å². The second-order valence-corrected chi connectivity index (χ2v) is 10.7. The molecule has 1 N–H and O–H groups in total. The fourth-order valence-corrected chi connectivity index (χ4v) is 5.36. The van der Waals surface area contributed by atoms with E-state index in [-0.39, 0.29) is 39.5 Å². The van der Waals surface area contributed by atoms with Gasteiger partial charge in [-0.2, -0.15) is 5.10 Å². The minimum Gasteiger partial charge on any atom is -0.464 e. The SMILES string of the molecule is [2H]C([2H])([2H])n1ncc2c1-c1ccnc(c1)[C@H](c1coc(-c3cc(Cl)ccc3-n3cc(Cl)nn3)cc1=O)CCC[C@@H](C)C(=O)N2. The van der Waals surface area contributed by atoms with Crippen LogP contribution in [0.15, 0.2) is 70.5 Å². The third-order valence-electron chi connectivity index (χ3n) is 7.19. The number of pyridine rings is 1. The number of carbonyl (C=O) groups excluding carboxylic acids is 1. The molecule has 2 atom stereocenters. The van der Waals surface area contributed by atoms with Crippen molar-refractivity contribution in [1.82, 2.24) is 29.8 Å². The highest BCUT2D eigenvalue weighted by molar-refractivity contribution is 6.31. The molecule has 4 aromatic heterocycles. The number of aromatic nitrogens is 6. The molecule has 5 aromatic rings. The van der Waals surface area contributed by atoms with Crippen LogP contribution in [0.3, 0.4) is 0 Å². The van der Waals surface area contributed by atoms with Crippen molar-refractivity contribution < 1.29 is 13.3 Å². The van der Waals surface area contributed by atoms with Crippen LogP contribution >= 0.6 is 23.2 Å². The van der Waals surface area contributed by atoms with E-state index in [0.29, 0.717) is 52.4 Å². The summed E-state index contributed by atoms with van der Waals surface area (Å²) in [6.45, 7) is -0.799. The molecule has 0 spiro atoms. The lowest BCUT2D eigenvalue weighted by Crippen LogP contribution is -2.22. The Morgan fingerprint density at radius 1 is 1.15 bits per heavy atom. The molecule has 1 aromatic carbocycles. The Hall–Kier alpha value is -4.28. The van der Waals surface area contributed by atoms with Crippen molar-refractivity contribution in [3.8, 4) is 28.3 Å². The molecule has 0 saturated heterocycles. The first-order valence-corrected chi connectivity index (χ1v) is 13.6. The highest BCUT2D eigenvalue weighted by atomic mass is 35.5. The van der Waals surface area contributed by atoms with Crippen molar-refractivity contribution in [2.45, 2.75) is 32.1 Å². The van der Waals surface area contributed by atoms with Gasteiger partial charge in [0.2, 0.25) is 5.91 Å². The van der Waals surface area contributed by atoms with Crippen LogP contribution in [0.5, 0.6) is 0 Å². The summed E-state index contributed by atoms with van der Waals surface area (Å²) in [4.78, 5) is 31.3. The van der Waals surface area contributed by atoms with Gasteiger partial charge in [-0.1, -0.05) is 41.8 Å². The second kappa shape index (κ2) is 10.9. The van der Waals surface area contributed by atoms with Crippen LogP contribution < -0.4 is 10.7 Å². The number of halogens is 2. The van der Waals surface area contributed by atoms with Gasteiger partial charge in [0.15, 0.2) is 10.6 Å². The molecular formula is C29H25Cl2N7O3. The van der Waals surface area contributed by atoms with Crippen molar-refractivity contribution in [2.75, 3.05) is 5.32 Å². The highest BCUT2D eigenvalue weighted by Crippen LogP contribution is 2.35. The molecule has 0 aliphatic carbocycles. The summed E-state index contributed by atoms with van der Waals surface area (Å²) in [6, 6.07) is 9.81. The predicted molar refractivity (Wildman–Crippen MR) is 155 cm³/mol. The number of fused-ring (bicyclic) bond motifs is 4. The minimum atomic E-state index is -2.60. The molecule has 0 unspecified atom stereocenters. The summed E-state index contributed by atoms with van der Waals surface area (Å²) in [7, 11) is 0. The summed E-state index contributed by atoms with van der Waals surface area (Å²) in [5.74, 6) is -0.877. The fraction of sp³-hybridized carbons (Fsp3) is 0.241. The summed E-state index contributed by atoms with van der Waals surface area (Å²) in [6.07, 6.45) is 7.44. The lowest BCUT2D eigenvalue weighted by molar-refractivity contribution is -0.119. The average Bonchev–Trinajstić information content (AvgIpc) is 3.61. The van der Waals surface area contributed by atoms with E-state index in [9.17, 15) is 9.59 Å². The topological polar surface area (TPSA) is 121 Å². The van der Waals surface area contributed by atoms with E-state index in [1.165, 1.54) is 29.4 Å². The quantitative estimate of drug-likeness (QED) is 0.277. The summed E-state index contributed by atoms with van der Waals surface area (Å²) in [5.41, 5.74) is 2.66. The van der Waals surface area contributed by atoms with Crippen molar-refractivity contribution in [3.05, 3.63) is 92.9 Å². The number of nitrogens with zero attached hydrogens (tertiary/aromatic N) is 6. The van der Waals surface area contributed by atoms with Crippen molar-refractivity contribution >= 4 is 34.8 Å². The zero-order valence-electron chi connectivity index (χ0n) is 24.7. The smallest absolute Gasteiger partial charge is 0.227 e. The first kappa shape index (κ1) is 23.4. The van der Waals surface area contributed by atoms with Crippen LogP contribution in [-0.4, -0.2) is 35.7 Å². The van der Waals surface area contributed by atoms with Gasteiger partial charge in [0, 0.05) is 62.6 Å². The van der Waals surface area contributed by atoms with Crippen molar-refractivity contribution in [3.63, 3.8) is 0 Å². The summed E-state index contributed by atoms with van der Waals surface area (Å²) in [5, 5.41) is 15.4. The Labute approximate surface area is 249 Å². The van der Waals surface area contributed by atoms with Gasteiger partial charge in [0.05, 0.1) is 35.7 Å². The number of carbonyl (C=O) groups is 1. The molecular weight excluding hydrogens is 565 g/mol.